The Labute approximate surface area is 53.7 Å². The summed E-state index contributed by atoms with van der Waals surface area (Å²) in [4.78, 5) is 3.54. The maximum Gasteiger partial charge on any atom is 0.167 e. The number of aromatic nitrogens is 2. The van der Waals surface area contributed by atoms with Gasteiger partial charge in [0.05, 0.1) is 6.20 Å². The van der Waals surface area contributed by atoms with Gasteiger partial charge in [-0.15, -0.1) is 0 Å². The minimum absolute atomic E-state index is 0.975. The van der Waals surface area contributed by atoms with Gasteiger partial charge in [-0.2, -0.15) is 4.73 Å². The van der Waals surface area contributed by atoms with Gasteiger partial charge in [0, 0.05) is 6.20 Å². The lowest BCUT2D eigenvalue weighted by atomic mass is 11.0. The van der Waals surface area contributed by atoms with E-state index in [-0.39, 0.29) is 0 Å². The summed E-state index contributed by atoms with van der Waals surface area (Å²) in [5, 5.41) is 0. The molecule has 5 nitrogen and oxygen atoms in total. The highest BCUT2D eigenvalue weighted by Crippen LogP contribution is 1.80. The minimum atomic E-state index is -2.52. The Kier molecular flexibility index (Phi) is 1.81. The molecule has 50 valence electrons. The SMILES string of the molecule is O=S([O-])On1ccnc1. The average molecular weight is 147 g/mol. The molecular weight excluding hydrogens is 144 g/mol. The Hall–Kier alpha value is -0.880. The number of hydrogen-bond acceptors (Lipinski definition) is 4. The van der Waals surface area contributed by atoms with Crippen molar-refractivity contribution in [3.05, 3.63) is 18.7 Å². The van der Waals surface area contributed by atoms with Crippen molar-refractivity contribution in [1.29, 1.82) is 0 Å². The Morgan fingerprint density at radius 2 is 2.56 bits per heavy atom. The normalized spacial score (nSPS) is 13.0. The monoisotopic (exact) mass is 147 g/mol. The first-order valence-electron chi connectivity index (χ1n) is 2.05. The maximum atomic E-state index is 9.80. The van der Waals surface area contributed by atoms with Gasteiger partial charge in [-0.1, -0.05) is 0 Å². The van der Waals surface area contributed by atoms with Crippen molar-refractivity contribution in [1.82, 2.24) is 9.71 Å². The van der Waals surface area contributed by atoms with Crippen molar-refractivity contribution >= 4 is 11.4 Å². The summed E-state index contributed by atoms with van der Waals surface area (Å²) in [7, 11) is 0. The van der Waals surface area contributed by atoms with Crippen molar-refractivity contribution in [3.8, 4) is 0 Å². The molecule has 0 N–H and O–H groups in total. The molecule has 1 heterocycles. The van der Waals surface area contributed by atoms with Crippen LogP contribution in [0.15, 0.2) is 18.7 Å². The Balaban J connectivity index is 2.58. The lowest BCUT2D eigenvalue weighted by Crippen LogP contribution is -2.10. The molecule has 0 bridgehead atoms. The number of imidazole rings is 1. The molecule has 0 spiro atoms. The smallest absolute Gasteiger partial charge is 0.167 e. The molecule has 6 heteroatoms. The third-order valence-electron chi connectivity index (χ3n) is 0.627. The molecule has 1 unspecified atom stereocenters. The molecule has 0 aromatic carbocycles. The van der Waals surface area contributed by atoms with Crippen LogP contribution in [0.1, 0.15) is 0 Å². The predicted octanol–water partition coefficient (Wildman–Crippen LogP) is -0.894. The van der Waals surface area contributed by atoms with E-state index in [1.54, 1.807) is 0 Å². The summed E-state index contributed by atoms with van der Waals surface area (Å²) in [6.07, 6.45) is 4.01. The fourth-order valence-corrected chi connectivity index (χ4v) is 0.590. The summed E-state index contributed by atoms with van der Waals surface area (Å²) in [6.45, 7) is 0. The second-order valence-corrected chi connectivity index (χ2v) is 1.76. The fourth-order valence-electron chi connectivity index (χ4n) is 0.361. The largest absolute Gasteiger partial charge is 0.738 e. The fraction of sp³-hybridized carbons (Fsp3) is 0. The molecule has 0 saturated carbocycles. The molecule has 9 heavy (non-hydrogen) atoms. The summed E-state index contributed by atoms with van der Waals surface area (Å²) < 4.78 is 24.7. The lowest BCUT2D eigenvalue weighted by Gasteiger charge is -2.04. The van der Waals surface area contributed by atoms with E-state index in [2.05, 4.69) is 9.27 Å². The van der Waals surface area contributed by atoms with Crippen LogP contribution >= 0.6 is 0 Å². The average Bonchev–Trinajstić information content (AvgIpc) is 2.15. The van der Waals surface area contributed by atoms with Gasteiger partial charge in [0.1, 0.15) is 6.33 Å². The molecule has 0 aliphatic heterocycles. The number of rotatable bonds is 2. The first kappa shape index (κ1) is 6.24. The van der Waals surface area contributed by atoms with Gasteiger partial charge in [0.15, 0.2) is 11.4 Å². The lowest BCUT2D eigenvalue weighted by molar-refractivity contribution is 0.265. The van der Waals surface area contributed by atoms with Gasteiger partial charge in [-0.05, 0) is 0 Å². The van der Waals surface area contributed by atoms with Crippen LogP contribution in [-0.4, -0.2) is 18.5 Å². The van der Waals surface area contributed by atoms with Gasteiger partial charge in [0.2, 0.25) is 0 Å². The highest BCUT2D eigenvalue weighted by atomic mass is 32.2. The molecule has 1 rings (SSSR count). The maximum absolute atomic E-state index is 9.80. The number of nitrogens with zero attached hydrogens (tertiary/aromatic N) is 2. The van der Waals surface area contributed by atoms with Gasteiger partial charge in [-0.3, -0.25) is 0 Å². The van der Waals surface area contributed by atoms with Crippen LogP contribution in [0.3, 0.4) is 0 Å². The van der Waals surface area contributed by atoms with Crippen molar-refractivity contribution in [2.24, 2.45) is 0 Å². The van der Waals surface area contributed by atoms with E-state index < -0.39 is 11.4 Å². The predicted molar refractivity (Wildman–Crippen MR) is 27.7 cm³/mol. The summed E-state index contributed by atoms with van der Waals surface area (Å²) >= 11 is -2.52. The summed E-state index contributed by atoms with van der Waals surface area (Å²) in [5.41, 5.74) is 0. The van der Waals surface area contributed by atoms with Crippen molar-refractivity contribution in [2.45, 2.75) is 0 Å². The van der Waals surface area contributed by atoms with Gasteiger partial charge in [-0.25, -0.2) is 9.19 Å². The quantitative estimate of drug-likeness (QED) is 0.509. The first-order chi connectivity index (χ1) is 4.29. The topological polar surface area (TPSA) is 67.2 Å². The third kappa shape index (κ3) is 1.82. The van der Waals surface area contributed by atoms with Crippen LogP contribution in [0, 0.1) is 0 Å². The zero-order valence-corrected chi connectivity index (χ0v) is 5.08. The van der Waals surface area contributed by atoms with Crippen LogP contribution in [0.5, 0.6) is 0 Å². The highest BCUT2D eigenvalue weighted by molar-refractivity contribution is 7.74. The van der Waals surface area contributed by atoms with Crippen LogP contribution in [0.4, 0.5) is 0 Å². The van der Waals surface area contributed by atoms with Crippen molar-refractivity contribution < 1.29 is 13.0 Å². The Morgan fingerprint density at radius 3 is 3.00 bits per heavy atom. The molecule has 1 atom stereocenters. The van der Waals surface area contributed by atoms with Gasteiger partial charge < -0.3 is 8.84 Å². The molecule has 0 aliphatic rings. The molecule has 1 aromatic heterocycles. The molecule has 0 fully saturated rings. The van der Waals surface area contributed by atoms with E-state index in [9.17, 15) is 8.76 Å². The standard InChI is InChI=1S/C3H4N2O3S/c6-9(7)8-5-2-1-4-3-5/h1-3H,(H,6,7)/p-1. The zero-order valence-electron chi connectivity index (χ0n) is 4.26. The van der Waals surface area contributed by atoms with E-state index in [4.69, 9.17) is 0 Å². The van der Waals surface area contributed by atoms with E-state index >= 15 is 0 Å². The summed E-state index contributed by atoms with van der Waals surface area (Å²) in [6, 6.07) is 0. The van der Waals surface area contributed by atoms with Crippen molar-refractivity contribution in [3.63, 3.8) is 0 Å². The highest BCUT2D eigenvalue weighted by Gasteiger charge is 1.84. The minimum Gasteiger partial charge on any atom is -0.738 e. The van der Waals surface area contributed by atoms with E-state index in [1.807, 2.05) is 0 Å². The molecule has 1 aromatic rings. The second kappa shape index (κ2) is 2.60. The number of hydrogen-bond donors (Lipinski definition) is 0. The van der Waals surface area contributed by atoms with Crippen LogP contribution < -0.4 is 4.28 Å². The Bertz CT molecular complexity index is 197. The molecule has 0 radical (unpaired) electrons. The van der Waals surface area contributed by atoms with E-state index in [0.717, 1.165) is 4.73 Å². The summed E-state index contributed by atoms with van der Waals surface area (Å²) in [5.74, 6) is 0. The van der Waals surface area contributed by atoms with E-state index in [0.29, 0.717) is 0 Å². The van der Waals surface area contributed by atoms with Gasteiger partial charge >= 0.3 is 0 Å². The molecule has 0 amide bonds. The van der Waals surface area contributed by atoms with Crippen LogP contribution in [-0.2, 0) is 11.4 Å². The van der Waals surface area contributed by atoms with Crippen LogP contribution in [0.2, 0.25) is 0 Å². The zero-order chi connectivity index (χ0) is 6.69. The molecular formula is C3H3N2O3S-. The molecule has 0 saturated heterocycles. The molecule has 0 aliphatic carbocycles. The van der Waals surface area contributed by atoms with E-state index in [1.165, 1.54) is 18.7 Å². The Morgan fingerprint density at radius 1 is 1.78 bits per heavy atom. The second-order valence-electron chi connectivity index (χ2n) is 1.20. The van der Waals surface area contributed by atoms with Crippen molar-refractivity contribution in [2.75, 3.05) is 0 Å². The van der Waals surface area contributed by atoms with Gasteiger partial charge in [0.25, 0.3) is 0 Å². The first-order valence-corrected chi connectivity index (χ1v) is 3.05. The van der Waals surface area contributed by atoms with Crippen LogP contribution in [0.25, 0.3) is 0 Å². The third-order valence-corrected chi connectivity index (χ3v) is 0.921.